The average molecular weight is 219 g/mol. The maximum absolute atomic E-state index is 9.16. The van der Waals surface area contributed by atoms with Crippen LogP contribution in [-0.4, -0.2) is 16.8 Å². The molecular weight excluding hydrogens is 204 g/mol. The molecule has 4 nitrogen and oxygen atoms in total. The lowest BCUT2D eigenvalue weighted by Gasteiger charge is -2.11. The van der Waals surface area contributed by atoms with Gasteiger partial charge in [-0.1, -0.05) is 0 Å². The highest BCUT2D eigenvalue weighted by atomic mass is 35.5. The van der Waals surface area contributed by atoms with Crippen LogP contribution in [0.25, 0.3) is 0 Å². The van der Waals surface area contributed by atoms with Crippen molar-refractivity contribution in [3.05, 3.63) is 23.8 Å². The summed E-state index contributed by atoms with van der Waals surface area (Å²) in [6, 6.07) is 4.08. The zero-order valence-electron chi connectivity index (χ0n) is 7.68. The molecule has 0 radical (unpaired) electrons. The van der Waals surface area contributed by atoms with E-state index in [0.29, 0.717) is 18.5 Å². The molecule has 14 heavy (non-hydrogen) atoms. The van der Waals surface area contributed by atoms with Crippen molar-refractivity contribution in [3.8, 4) is 11.5 Å². The number of benzene rings is 1. The van der Waals surface area contributed by atoms with Gasteiger partial charge in [-0.25, -0.2) is 0 Å². The molecule has 0 saturated heterocycles. The van der Waals surface area contributed by atoms with Crippen molar-refractivity contribution in [1.29, 1.82) is 0 Å². The molecule has 0 spiro atoms. The fourth-order valence-corrected chi connectivity index (χ4v) is 1.18. The fourth-order valence-electron chi connectivity index (χ4n) is 1.18. The zero-order chi connectivity index (χ0) is 9.84. The number of nitrogens with two attached hydrogens (primary N) is 2. The molecule has 0 unspecified atom stereocenters. The number of hydrogen-bond donors (Lipinski definition) is 4. The molecule has 0 bridgehead atoms. The smallest absolute Gasteiger partial charge is 0.119 e. The van der Waals surface area contributed by atoms with E-state index >= 15 is 0 Å². The van der Waals surface area contributed by atoms with Crippen molar-refractivity contribution >= 4 is 12.4 Å². The Hall–Kier alpha value is -0.970. The molecule has 1 atom stereocenters. The molecule has 0 aromatic heterocycles. The van der Waals surface area contributed by atoms with Crippen LogP contribution in [-0.2, 0) is 0 Å². The predicted octanol–water partition coefficient (Wildman–Crippen LogP) is 0.868. The van der Waals surface area contributed by atoms with Crippen LogP contribution in [0.15, 0.2) is 18.2 Å². The number of rotatable bonds is 3. The number of phenolic OH excluding ortho intramolecular Hbond substituents is 2. The summed E-state index contributed by atoms with van der Waals surface area (Å²) in [7, 11) is 0. The van der Waals surface area contributed by atoms with Crippen LogP contribution in [0.5, 0.6) is 11.5 Å². The standard InChI is InChI=1S/C9H14N2O2.ClH/c10-2-1-9(11)6-3-7(12)5-8(13)4-6;/h3-5,9,12-13H,1-2,10-11H2;1H/t9-;/m0./s1. The van der Waals surface area contributed by atoms with Gasteiger partial charge in [-0.05, 0) is 30.7 Å². The average Bonchev–Trinajstić information content (AvgIpc) is 2.03. The number of aromatic hydroxyl groups is 2. The maximum atomic E-state index is 9.16. The van der Waals surface area contributed by atoms with Crippen molar-refractivity contribution in [1.82, 2.24) is 0 Å². The minimum Gasteiger partial charge on any atom is -0.508 e. The lowest BCUT2D eigenvalue weighted by Crippen LogP contribution is -2.15. The summed E-state index contributed by atoms with van der Waals surface area (Å²) in [6.45, 7) is 0.484. The quantitative estimate of drug-likeness (QED) is 0.606. The Morgan fingerprint density at radius 3 is 2.07 bits per heavy atom. The molecule has 0 aliphatic heterocycles. The number of hydrogen-bond acceptors (Lipinski definition) is 4. The van der Waals surface area contributed by atoms with E-state index in [2.05, 4.69) is 0 Å². The Morgan fingerprint density at radius 2 is 1.64 bits per heavy atom. The highest BCUT2D eigenvalue weighted by Crippen LogP contribution is 2.24. The Bertz CT molecular complexity index is 274. The van der Waals surface area contributed by atoms with Gasteiger partial charge >= 0.3 is 0 Å². The molecule has 0 fully saturated rings. The van der Waals surface area contributed by atoms with Gasteiger partial charge in [-0.2, -0.15) is 0 Å². The second-order valence-electron chi connectivity index (χ2n) is 2.97. The lowest BCUT2D eigenvalue weighted by molar-refractivity contribution is 0.447. The summed E-state index contributed by atoms with van der Waals surface area (Å²) >= 11 is 0. The topological polar surface area (TPSA) is 92.5 Å². The molecule has 0 saturated carbocycles. The first-order chi connectivity index (χ1) is 6.13. The van der Waals surface area contributed by atoms with Gasteiger partial charge in [-0.15, -0.1) is 12.4 Å². The van der Waals surface area contributed by atoms with E-state index in [1.165, 1.54) is 18.2 Å². The van der Waals surface area contributed by atoms with Crippen LogP contribution in [0.2, 0.25) is 0 Å². The molecule has 80 valence electrons. The van der Waals surface area contributed by atoms with E-state index in [9.17, 15) is 0 Å². The third-order valence-electron chi connectivity index (χ3n) is 1.83. The maximum Gasteiger partial charge on any atom is 0.119 e. The van der Waals surface area contributed by atoms with E-state index < -0.39 is 0 Å². The normalized spacial score (nSPS) is 11.9. The third kappa shape index (κ3) is 3.41. The van der Waals surface area contributed by atoms with Crippen molar-refractivity contribution in [2.75, 3.05) is 6.54 Å². The Balaban J connectivity index is 0.00000169. The van der Waals surface area contributed by atoms with Crippen LogP contribution in [0, 0.1) is 0 Å². The van der Waals surface area contributed by atoms with E-state index in [1.807, 2.05) is 0 Å². The van der Waals surface area contributed by atoms with Crippen molar-refractivity contribution < 1.29 is 10.2 Å². The zero-order valence-corrected chi connectivity index (χ0v) is 8.50. The van der Waals surface area contributed by atoms with Gasteiger partial charge in [0.15, 0.2) is 0 Å². The predicted molar refractivity (Wildman–Crippen MR) is 57.6 cm³/mol. The summed E-state index contributed by atoms with van der Waals surface area (Å²) in [5.41, 5.74) is 11.8. The monoisotopic (exact) mass is 218 g/mol. The molecule has 0 aliphatic carbocycles. The Kier molecular flexibility index (Phi) is 5.30. The van der Waals surface area contributed by atoms with E-state index in [1.54, 1.807) is 0 Å². The second kappa shape index (κ2) is 5.70. The number of phenols is 2. The van der Waals surface area contributed by atoms with Crippen LogP contribution in [0.1, 0.15) is 18.0 Å². The summed E-state index contributed by atoms with van der Waals surface area (Å²) < 4.78 is 0. The van der Waals surface area contributed by atoms with E-state index in [0.717, 1.165) is 0 Å². The first-order valence-corrected chi connectivity index (χ1v) is 4.12. The summed E-state index contributed by atoms with van der Waals surface area (Å²) in [5.74, 6) is 0.0324. The molecular formula is C9H15ClN2O2. The summed E-state index contributed by atoms with van der Waals surface area (Å²) in [4.78, 5) is 0. The number of halogens is 1. The SMILES string of the molecule is Cl.NCC[C@H](N)c1cc(O)cc(O)c1. The van der Waals surface area contributed by atoms with Crippen LogP contribution < -0.4 is 11.5 Å². The highest BCUT2D eigenvalue weighted by molar-refractivity contribution is 5.85. The Labute approximate surface area is 88.9 Å². The van der Waals surface area contributed by atoms with Crippen molar-refractivity contribution in [2.24, 2.45) is 11.5 Å². The van der Waals surface area contributed by atoms with Gasteiger partial charge < -0.3 is 21.7 Å². The van der Waals surface area contributed by atoms with Gasteiger partial charge in [0.1, 0.15) is 11.5 Å². The molecule has 6 N–H and O–H groups in total. The molecule has 1 aromatic carbocycles. The van der Waals surface area contributed by atoms with E-state index in [4.69, 9.17) is 21.7 Å². The van der Waals surface area contributed by atoms with Crippen LogP contribution in [0.4, 0.5) is 0 Å². The first-order valence-electron chi connectivity index (χ1n) is 4.12. The minimum absolute atomic E-state index is 0. The first kappa shape index (κ1) is 13.0. The van der Waals surface area contributed by atoms with Crippen molar-refractivity contribution in [3.63, 3.8) is 0 Å². The highest BCUT2D eigenvalue weighted by Gasteiger charge is 2.07. The van der Waals surface area contributed by atoms with E-state index in [-0.39, 0.29) is 29.9 Å². The van der Waals surface area contributed by atoms with Gasteiger partial charge in [0.25, 0.3) is 0 Å². The van der Waals surface area contributed by atoms with Crippen LogP contribution in [0.3, 0.4) is 0 Å². The molecule has 0 amide bonds. The summed E-state index contributed by atoms with van der Waals surface area (Å²) in [6.07, 6.45) is 0.628. The lowest BCUT2D eigenvalue weighted by atomic mass is 10.0. The van der Waals surface area contributed by atoms with Gasteiger partial charge in [0.05, 0.1) is 0 Å². The van der Waals surface area contributed by atoms with Crippen molar-refractivity contribution in [2.45, 2.75) is 12.5 Å². The fraction of sp³-hybridized carbons (Fsp3) is 0.333. The third-order valence-corrected chi connectivity index (χ3v) is 1.83. The summed E-state index contributed by atoms with van der Waals surface area (Å²) in [5, 5.41) is 18.3. The van der Waals surface area contributed by atoms with Gasteiger partial charge in [0, 0.05) is 12.1 Å². The molecule has 0 aliphatic rings. The second-order valence-corrected chi connectivity index (χ2v) is 2.97. The van der Waals surface area contributed by atoms with Gasteiger partial charge in [-0.3, -0.25) is 0 Å². The molecule has 1 aromatic rings. The van der Waals surface area contributed by atoms with Gasteiger partial charge in [0.2, 0.25) is 0 Å². The molecule has 1 rings (SSSR count). The Morgan fingerprint density at radius 1 is 1.14 bits per heavy atom. The largest absolute Gasteiger partial charge is 0.508 e. The molecule has 0 heterocycles. The molecule has 5 heteroatoms. The van der Waals surface area contributed by atoms with Crippen LogP contribution >= 0.6 is 12.4 Å². The minimum atomic E-state index is -0.233.